The van der Waals surface area contributed by atoms with Crippen LogP contribution in [-0.2, 0) is 14.2 Å². The highest BCUT2D eigenvalue weighted by molar-refractivity contribution is 6.30. The van der Waals surface area contributed by atoms with E-state index in [1.807, 2.05) is 0 Å². The minimum Gasteiger partial charge on any atom is -0.507 e. The van der Waals surface area contributed by atoms with E-state index in [4.69, 9.17) is 18.9 Å². The Hall–Kier alpha value is -3.22. The molecule has 2 saturated heterocycles. The third-order valence-electron chi connectivity index (χ3n) is 7.65. The van der Waals surface area contributed by atoms with E-state index >= 15 is 0 Å². The van der Waals surface area contributed by atoms with E-state index < -0.39 is 103 Å². The highest BCUT2D eigenvalue weighted by Crippen LogP contribution is 2.42. The van der Waals surface area contributed by atoms with Gasteiger partial charge in [-0.15, -0.1) is 0 Å². The number of rotatable bonds is 6. The highest BCUT2D eigenvalue weighted by Gasteiger charge is 2.48. The molecule has 2 aliphatic heterocycles. The van der Waals surface area contributed by atoms with Gasteiger partial charge in [0, 0.05) is 11.1 Å². The number of carbonyl (C=O) groups is 2. The van der Waals surface area contributed by atoms with Crippen molar-refractivity contribution in [1.29, 1.82) is 0 Å². The fourth-order valence-electron chi connectivity index (χ4n) is 5.14. The standard InChI is InChI=1S/C27H30O15/c1-8-2-3-9-14(16(8)29)17(30)10-4-5-11(19(32)15(10)18(9)31)40-27-25(38)23(36)21(34)13(42-27)7-39-26-24(37)22(35)20(33)12(6-28)41-26/h2-5,12-13,20-29,32-38H,6-7H2,1H3/t12-,13-,20-,21-,22+,23+,24-,25-,26-,27?/m1/s1. The fraction of sp³-hybridized carbons (Fsp3) is 0.481. The summed E-state index contributed by atoms with van der Waals surface area (Å²) < 4.78 is 21.7. The average molecular weight is 595 g/mol. The summed E-state index contributed by atoms with van der Waals surface area (Å²) in [6.45, 7) is 0.232. The van der Waals surface area contributed by atoms with Crippen molar-refractivity contribution in [1.82, 2.24) is 0 Å². The number of phenolic OH excluding ortho intramolecular Hbond substituents is 2. The second kappa shape index (κ2) is 11.5. The first-order chi connectivity index (χ1) is 19.9. The lowest BCUT2D eigenvalue weighted by molar-refractivity contribution is -0.323. The third kappa shape index (κ3) is 4.92. The lowest BCUT2D eigenvalue weighted by atomic mass is 9.82. The van der Waals surface area contributed by atoms with E-state index in [-0.39, 0.29) is 22.4 Å². The quantitative estimate of drug-likeness (QED) is 0.140. The van der Waals surface area contributed by atoms with Crippen molar-refractivity contribution < 1.29 is 74.5 Å². The van der Waals surface area contributed by atoms with E-state index in [2.05, 4.69) is 0 Å². The van der Waals surface area contributed by atoms with Crippen LogP contribution in [0.4, 0.5) is 0 Å². The van der Waals surface area contributed by atoms with Crippen LogP contribution >= 0.6 is 0 Å². The molecule has 2 fully saturated rings. The van der Waals surface area contributed by atoms with Crippen molar-refractivity contribution in [3.05, 3.63) is 52.1 Å². The van der Waals surface area contributed by atoms with Gasteiger partial charge in [0.15, 0.2) is 29.4 Å². The van der Waals surface area contributed by atoms with Gasteiger partial charge in [0.05, 0.1) is 24.3 Å². The van der Waals surface area contributed by atoms with Gasteiger partial charge < -0.3 is 64.9 Å². The molecule has 1 aliphatic carbocycles. The van der Waals surface area contributed by atoms with Crippen LogP contribution in [0.1, 0.15) is 37.4 Å². The van der Waals surface area contributed by atoms with Crippen LogP contribution < -0.4 is 4.74 Å². The first-order valence-electron chi connectivity index (χ1n) is 12.9. The van der Waals surface area contributed by atoms with Gasteiger partial charge in [0.25, 0.3) is 0 Å². The molecule has 228 valence electrons. The van der Waals surface area contributed by atoms with Gasteiger partial charge in [-0.2, -0.15) is 0 Å². The number of aryl methyl sites for hydroxylation is 1. The third-order valence-corrected chi connectivity index (χ3v) is 7.65. The summed E-state index contributed by atoms with van der Waals surface area (Å²) in [5, 5.41) is 92.0. The van der Waals surface area contributed by atoms with E-state index in [0.29, 0.717) is 5.56 Å². The number of hydrogen-bond donors (Lipinski definition) is 9. The molecular weight excluding hydrogens is 564 g/mol. The van der Waals surface area contributed by atoms with Gasteiger partial charge in [0.2, 0.25) is 6.29 Å². The predicted octanol–water partition coefficient (Wildman–Crippen LogP) is -2.82. The van der Waals surface area contributed by atoms with Crippen molar-refractivity contribution >= 4 is 11.6 Å². The van der Waals surface area contributed by atoms with E-state index in [1.165, 1.54) is 18.2 Å². The molecule has 2 aromatic rings. The molecule has 10 atom stereocenters. The minimum atomic E-state index is -1.88. The van der Waals surface area contributed by atoms with Crippen LogP contribution in [-0.4, -0.2) is 132 Å². The normalized spacial score (nSPS) is 34.6. The lowest BCUT2D eigenvalue weighted by Gasteiger charge is -2.42. The largest absolute Gasteiger partial charge is 0.507 e. The van der Waals surface area contributed by atoms with Crippen LogP contribution in [0.5, 0.6) is 17.2 Å². The SMILES string of the molecule is Cc1ccc2c(c1O)C(=O)c1ccc(OC3O[C@H](CO[C@@H]4O[C@H](CO)[C@@H](O)[C@H](O)[C@H]4O)[C@@H](O)[C@H](O)[C@H]3O)c(O)c1C2=O. The van der Waals surface area contributed by atoms with Crippen LogP contribution in [0.25, 0.3) is 0 Å². The zero-order valence-corrected chi connectivity index (χ0v) is 22.0. The van der Waals surface area contributed by atoms with Crippen LogP contribution in [0.15, 0.2) is 24.3 Å². The molecule has 0 amide bonds. The summed E-state index contributed by atoms with van der Waals surface area (Å²) in [6.07, 6.45) is -16.7. The number of ketones is 2. The first-order valence-corrected chi connectivity index (χ1v) is 12.9. The second-order valence-electron chi connectivity index (χ2n) is 10.3. The molecule has 42 heavy (non-hydrogen) atoms. The molecule has 0 spiro atoms. The monoisotopic (exact) mass is 594 g/mol. The lowest BCUT2D eigenvalue weighted by Crippen LogP contribution is -2.62. The Labute approximate surface area is 237 Å². The fourth-order valence-corrected chi connectivity index (χ4v) is 5.14. The van der Waals surface area contributed by atoms with Crippen molar-refractivity contribution in [3.63, 3.8) is 0 Å². The zero-order valence-electron chi connectivity index (χ0n) is 22.0. The Morgan fingerprint density at radius 3 is 1.83 bits per heavy atom. The Kier molecular flexibility index (Phi) is 8.25. The van der Waals surface area contributed by atoms with Gasteiger partial charge in [-0.25, -0.2) is 0 Å². The summed E-state index contributed by atoms with van der Waals surface area (Å²) in [6, 6.07) is 5.07. The molecule has 1 unspecified atom stereocenters. The van der Waals surface area contributed by atoms with E-state index in [1.54, 1.807) is 6.92 Å². The van der Waals surface area contributed by atoms with E-state index in [0.717, 1.165) is 6.07 Å². The predicted molar refractivity (Wildman–Crippen MR) is 135 cm³/mol. The topological polar surface area (TPSA) is 253 Å². The number of aliphatic hydroxyl groups excluding tert-OH is 7. The van der Waals surface area contributed by atoms with Gasteiger partial charge in [0.1, 0.15) is 54.6 Å². The molecule has 0 saturated carbocycles. The van der Waals surface area contributed by atoms with E-state index in [9.17, 15) is 55.5 Å². The second-order valence-corrected chi connectivity index (χ2v) is 10.3. The molecular formula is C27H30O15. The maximum Gasteiger partial charge on any atom is 0.229 e. The number of phenols is 2. The first kappa shape index (κ1) is 30.2. The van der Waals surface area contributed by atoms with Crippen molar-refractivity contribution in [3.8, 4) is 17.2 Å². The molecule has 15 nitrogen and oxygen atoms in total. The Morgan fingerprint density at radius 2 is 1.21 bits per heavy atom. The smallest absolute Gasteiger partial charge is 0.229 e. The maximum atomic E-state index is 13.2. The van der Waals surface area contributed by atoms with Gasteiger partial charge in [-0.1, -0.05) is 6.07 Å². The number of carbonyl (C=O) groups excluding carboxylic acids is 2. The maximum absolute atomic E-state index is 13.2. The zero-order chi connectivity index (χ0) is 30.6. The van der Waals surface area contributed by atoms with Gasteiger partial charge in [-0.05, 0) is 30.7 Å². The summed E-state index contributed by atoms with van der Waals surface area (Å²) in [5.74, 6) is -3.04. The van der Waals surface area contributed by atoms with Gasteiger partial charge >= 0.3 is 0 Å². The number of benzene rings is 2. The summed E-state index contributed by atoms with van der Waals surface area (Å²) >= 11 is 0. The molecule has 2 heterocycles. The molecule has 0 aromatic heterocycles. The summed E-state index contributed by atoms with van der Waals surface area (Å²) in [5.41, 5.74) is -0.588. The minimum absolute atomic E-state index is 0.138. The number of aliphatic hydroxyl groups is 7. The number of hydrogen-bond acceptors (Lipinski definition) is 15. The summed E-state index contributed by atoms with van der Waals surface area (Å²) in [7, 11) is 0. The molecule has 9 N–H and O–H groups in total. The summed E-state index contributed by atoms with van der Waals surface area (Å²) in [4.78, 5) is 26.3. The molecule has 0 bridgehead atoms. The van der Waals surface area contributed by atoms with Crippen LogP contribution in [0, 0.1) is 6.92 Å². The molecule has 3 aliphatic rings. The van der Waals surface area contributed by atoms with Crippen molar-refractivity contribution in [2.75, 3.05) is 13.2 Å². The molecule has 15 heteroatoms. The molecule has 0 radical (unpaired) electrons. The Balaban J connectivity index is 1.35. The number of fused-ring (bicyclic) bond motifs is 2. The van der Waals surface area contributed by atoms with Crippen molar-refractivity contribution in [2.24, 2.45) is 0 Å². The number of aromatic hydroxyl groups is 2. The average Bonchev–Trinajstić information content (AvgIpc) is 2.97. The van der Waals surface area contributed by atoms with Crippen molar-refractivity contribution in [2.45, 2.75) is 68.3 Å². The highest BCUT2D eigenvalue weighted by atomic mass is 16.7. The number of ether oxygens (including phenoxy) is 4. The Morgan fingerprint density at radius 1 is 0.690 bits per heavy atom. The van der Waals surface area contributed by atoms with Crippen LogP contribution in [0.2, 0.25) is 0 Å². The van der Waals surface area contributed by atoms with Gasteiger partial charge in [-0.3, -0.25) is 9.59 Å². The van der Waals surface area contributed by atoms with Crippen LogP contribution in [0.3, 0.4) is 0 Å². The molecule has 5 rings (SSSR count). The molecule has 2 aromatic carbocycles. The Bertz CT molecular complexity index is 1380.